The van der Waals surface area contributed by atoms with Crippen LogP contribution in [-0.4, -0.2) is 38.2 Å². The largest absolute Gasteiger partial charge is 0.394 e. The van der Waals surface area contributed by atoms with Crippen LogP contribution in [0.15, 0.2) is 36.5 Å². The molecule has 0 bridgehead atoms. The first-order valence-electron chi connectivity index (χ1n) is 5.29. The lowest BCUT2D eigenvalue weighted by atomic mass is 10.0. The summed E-state index contributed by atoms with van der Waals surface area (Å²) in [6, 6.07) is 8.89. The number of nitrogens with one attached hydrogen (secondary N) is 1. The van der Waals surface area contributed by atoms with E-state index in [0.29, 0.717) is 5.56 Å². The summed E-state index contributed by atoms with van der Waals surface area (Å²) in [5.41, 5.74) is 2.39. The molecule has 1 aromatic heterocycles. The number of benzene rings is 1. The van der Waals surface area contributed by atoms with Crippen molar-refractivity contribution in [3.63, 3.8) is 0 Å². The number of nitrogens with zero attached hydrogens (tertiary/aromatic N) is 1. The van der Waals surface area contributed by atoms with Gasteiger partial charge in [-0.2, -0.15) is 5.10 Å². The van der Waals surface area contributed by atoms with Crippen LogP contribution in [-0.2, 0) is 0 Å². The minimum absolute atomic E-state index is 0.469. The van der Waals surface area contributed by atoms with Gasteiger partial charge in [-0.3, -0.25) is 5.10 Å². The van der Waals surface area contributed by atoms with E-state index in [1.54, 1.807) is 18.3 Å². The van der Waals surface area contributed by atoms with E-state index < -0.39 is 18.8 Å². The zero-order valence-electron chi connectivity index (χ0n) is 9.11. The Bertz CT molecular complexity index is 453. The molecule has 0 saturated carbocycles. The highest BCUT2D eigenvalue weighted by Gasteiger charge is 2.17. The predicted molar refractivity (Wildman–Crippen MR) is 62.1 cm³/mol. The van der Waals surface area contributed by atoms with E-state index in [2.05, 4.69) is 10.2 Å². The molecular weight excluding hydrogens is 220 g/mol. The first-order chi connectivity index (χ1) is 8.22. The molecule has 2 rings (SSSR count). The maximum absolute atomic E-state index is 9.68. The molecule has 4 N–H and O–H groups in total. The summed E-state index contributed by atoms with van der Waals surface area (Å²) in [5.74, 6) is 0. The van der Waals surface area contributed by atoms with Crippen molar-refractivity contribution < 1.29 is 15.3 Å². The number of rotatable bonds is 4. The zero-order valence-corrected chi connectivity index (χ0v) is 9.11. The molecule has 0 aliphatic heterocycles. The van der Waals surface area contributed by atoms with Gasteiger partial charge in [0.25, 0.3) is 0 Å². The molecule has 0 radical (unpaired) electrons. The highest BCUT2D eigenvalue weighted by atomic mass is 16.4. The minimum Gasteiger partial charge on any atom is -0.394 e. The molecule has 2 unspecified atom stereocenters. The standard InChI is InChI=1S/C12H14N2O3/c15-7-11(16)12(17)9-3-1-8(2-4-9)10-5-6-13-14-10/h1-6,11-12,15-17H,7H2,(H,13,14). The van der Waals surface area contributed by atoms with Crippen LogP contribution in [0.25, 0.3) is 11.3 Å². The van der Waals surface area contributed by atoms with Gasteiger partial charge in [-0.25, -0.2) is 0 Å². The Hall–Kier alpha value is -1.69. The van der Waals surface area contributed by atoms with Crippen molar-refractivity contribution in [3.8, 4) is 11.3 Å². The summed E-state index contributed by atoms with van der Waals surface area (Å²) in [7, 11) is 0. The number of aromatic nitrogens is 2. The first-order valence-corrected chi connectivity index (χ1v) is 5.29. The topological polar surface area (TPSA) is 89.4 Å². The van der Waals surface area contributed by atoms with Gasteiger partial charge in [0, 0.05) is 6.20 Å². The summed E-state index contributed by atoms with van der Waals surface area (Å²) >= 11 is 0. The van der Waals surface area contributed by atoms with Crippen molar-refractivity contribution in [3.05, 3.63) is 42.1 Å². The third kappa shape index (κ3) is 2.52. The number of aliphatic hydroxyl groups is 3. The SMILES string of the molecule is OCC(O)C(O)c1ccc(-c2ccn[nH]2)cc1. The fourth-order valence-corrected chi connectivity index (χ4v) is 1.60. The highest BCUT2D eigenvalue weighted by Crippen LogP contribution is 2.21. The molecule has 0 aliphatic rings. The lowest BCUT2D eigenvalue weighted by Crippen LogP contribution is -2.21. The Labute approximate surface area is 98.4 Å². The monoisotopic (exact) mass is 234 g/mol. The second kappa shape index (κ2) is 5.09. The molecule has 0 aliphatic carbocycles. The van der Waals surface area contributed by atoms with Gasteiger partial charge < -0.3 is 15.3 Å². The Kier molecular flexibility index (Phi) is 3.53. The van der Waals surface area contributed by atoms with Crippen molar-refractivity contribution in [2.75, 3.05) is 6.61 Å². The molecule has 2 atom stereocenters. The summed E-state index contributed by atoms with van der Waals surface area (Å²) in [5, 5.41) is 34.4. The van der Waals surface area contributed by atoms with Crippen molar-refractivity contribution in [1.29, 1.82) is 0 Å². The van der Waals surface area contributed by atoms with E-state index in [1.165, 1.54) is 0 Å². The van der Waals surface area contributed by atoms with Crippen molar-refractivity contribution in [2.45, 2.75) is 12.2 Å². The predicted octanol–water partition coefficient (Wildman–Crippen LogP) is 0.463. The van der Waals surface area contributed by atoms with Gasteiger partial charge in [0.2, 0.25) is 0 Å². The quantitative estimate of drug-likeness (QED) is 0.619. The van der Waals surface area contributed by atoms with Crippen LogP contribution in [0.5, 0.6) is 0 Å². The molecule has 1 aromatic carbocycles. The number of aliphatic hydroxyl groups excluding tert-OH is 3. The van der Waals surface area contributed by atoms with Gasteiger partial charge in [0.1, 0.15) is 12.2 Å². The molecule has 5 nitrogen and oxygen atoms in total. The van der Waals surface area contributed by atoms with Crippen molar-refractivity contribution in [1.82, 2.24) is 10.2 Å². The van der Waals surface area contributed by atoms with Gasteiger partial charge in [-0.05, 0) is 17.2 Å². The summed E-state index contributed by atoms with van der Waals surface area (Å²) in [6.45, 7) is -0.469. The van der Waals surface area contributed by atoms with Crippen LogP contribution in [0.3, 0.4) is 0 Å². The normalized spacial score (nSPS) is 14.5. The third-order valence-electron chi connectivity index (χ3n) is 2.62. The molecular formula is C12H14N2O3. The van der Waals surface area contributed by atoms with E-state index in [-0.39, 0.29) is 0 Å². The van der Waals surface area contributed by atoms with Crippen LogP contribution in [0.1, 0.15) is 11.7 Å². The Morgan fingerprint density at radius 1 is 1.12 bits per heavy atom. The lowest BCUT2D eigenvalue weighted by Gasteiger charge is -2.15. The molecule has 90 valence electrons. The van der Waals surface area contributed by atoms with Crippen LogP contribution >= 0.6 is 0 Å². The molecule has 0 fully saturated rings. The van der Waals surface area contributed by atoms with Crippen molar-refractivity contribution >= 4 is 0 Å². The Morgan fingerprint density at radius 2 is 1.82 bits per heavy atom. The van der Waals surface area contributed by atoms with Gasteiger partial charge in [0.15, 0.2) is 0 Å². The maximum Gasteiger partial charge on any atom is 0.107 e. The number of H-pyrrole nitrogens is 1. The second-order valence-electron chi connectivity index (χ2n) is 3.79. The number of hydrogen-bond donors (Lipinski definition) is 4. The first kappa shape index (κ1) is 11.8. The summed E-state index contributed by atoms with van der Waals surface area (Å²) in [6.07, 6.45) is -0.572. The molecule has 0 spiro atoms. The average Bonchev–Trinajstić information content (AvgIpc) is 2.91. The second-order valence-corrected chi connectivity index (χ2v) is 3.79. The van der Waals surface area contributed by atoms with Crippen LogP contribution in [0.4, 0.5) is 0 Å². The van der Waals surface area contributed by atoms with Crippen LogP contribution in [0, 0.1) is 0 Å². The zero-order chi connectivity index (χ0) is 12.3. The molecule has 0 amide bonds. The third-order valence-corrected chi connectivity index (χ3v) is 2.62. The van der Waals surface area contributed by atoms with E-state index in [0.717, 1.165) is 11.3 Å². The maximum atomic E-state index is 9.68. The number of aromatic amines is 1. The van der Waals surface area contributed by atoms with Crippen molar-refractivity contribution in [2.24, 2.45) is 0 Å². The van der Waals surface area contributed by atoms with E-state index >= 15 is 0 Å². The Balaban J connectivity index is 2.18. The van der Waals surface area contributed by atoms with E-state index in [1.807, 2.05) is 18.2 Å². The van der Waals surface area contributed by atoms with Gasteiger partial charge in [-0.15, -0.1) is 0 Å². The molecule has 0 saturated heterocycles. The molecule has 2 aromatic rings. The molecule has 17 heavy (non-hydrogen) atoms. The van der Waals surface area contributed by atoms with Crippen LogP contribution < -0.4 is 0 Å². The van der Waals surface area contributed by atoms with Gasteiger partial charge in [-0.1, -0.05) is 24.3 Å². The highest BCUT2D eigenvalue weighted by molar-refractivity contribution is 5.58. The van der Waals surface area contributed by atoms with Gasteiger partial charge >= 0.3 is 0 Å². The fourth-order valence-electron chi connectivity index (χ4n) is 1.60. The molecule has 1 heterocycles. The van der Waals surface area contributed by atoms with Gasteiger partial charge in [0.05, 0.1) is 12.3 Å². The van der Waals surface area contributed by atoms with E-state index in [4.69, 9.17) is 5.11 Å². The summed E-state index contributed by atoms with van der Waals surface area (Å²) in [4.78, 5) is 0. The smallest absolute Gasteiger partial charge is 0.107 e. The minimum atomic E-state index is -1.16. The average molecular weight is 234 g/mol. The fraction of sp³-hybridized carbons (Fsp3) is 0.250. The summed E-state index contributed by atoms with van der Waals surface area (Å²) < 4.78 is 0. The Morgan fingerprint density at radius 3 is 2.35 bits per heavy atom. The lowest BCUT2D eigenvalue weighted by molar-refractivity contribution is -0.0152. The molecule has 5 heteroatoms. The number of hydrogen-bond acceptors (Lipinski definition) is 4. The van der Waals surface area contributed by atoms with E-state index in [9.17, 15) is 10.2 Å². The van der Waals surface area contributed by atoms with Crippen LogP contribution in [0.2, 0.25) is 0 Å².